The van der Waals surface area contributed by atoms with Gasteiger partial charge in [0.2, 0.25) is 0 Å². The topological polar surface area (TPSA) is 49.4 Å². The highest BCUT2D eigenvalue weighted by Crippen LogP contribution is 2.24. The van der Waals surface area contributed by atoms with Crippen LogP contribution in [0.1, 0.15) is 11.4 Å². The second-order valence-corrected chi connectivity index (χ2v) is 7.25. The van der Waals surface area contributed by atoms with Crippen molar-refractivity contribution in [2.75, 3.05) is 44.7 Å². The Balaban J connectivity index is 1.41. The summed E-state index contributed by atoms with van der Waals surface area (Å²) in [4.78, 5) is 6.90. The molecule has 0 spiro atoms. The molecule has 2 heterocycles. The fourth-order valence-electron chi connectivity index (χ4n) is 2.62. The van der Waals surface area contributed by atoms with E-state index in [9.17, 15) is 0 Å². The lowest BCUT2D eigenvalue weighted by Gasteiger charge is -2.26. The van der Waals surface area contributed by atoms with Crippen molar-refractivity contribution in [3.8, 4) is 0 Å². The molecule has 1 aliphatic rings. The Hall–Kier alpha value is -1.28. The van der Waals surface area contributed by atoms with E-state index in [0.29, 0.717) is 5.11 Å². The van der Waals surface area contributed by atoms with Crippen molar-refractivity contribution in [3.63, 3.8) is 0 Å². The molecule has 0 amide bonds. The zero-order chi connectivity index (χ0) is 16.1. The molecule has 0 bridgehead atoms. The molecule has 1 aromatic heterocycles. The van der Waals surface area contributed by atoms with Crippen molar-refractivity contribution in [1.29, 1.82) is 0 Å². The fraction of sp³-hybridized carbons (Fsp3) is 0.500. The summed E-state index contributed by atoms with van der Waals surface area (Å²) in [5, 5.41) is 8.28. The largest absolute Gasteiger partial charge is 0.379 e. The minimum absolute atomic E-state index is 0.674. The quantitative estimate of drug-likeness (QED) is 0.639. The highest BCUT2D eigenvalue weighted by atomic mass is 32.1. The Kier molecular flexibility index (Phi) is 5.77. The third kappa shape index (κ3) is 4.84. The maximum atomic E-state index is 5.37. The molecule has 0 radical (unpaired) electrons. The van der Waals surface area contributed by atoms with E-state index in [1.807, 2.05) is 19.1 Å². The molecule has 0 aliphatic carbocycles. The minimum atomic E-state index is 0.674. The van der Waals surface area contributed by atoms with Gasteiger partial charge < -0.3 is 15.4 Å². The first-order valence-electron chi connectivity index (χ1n) is 7.93. The van der Waals surface area contributed by atoms with Gasteiger partial charge in [0.25, 0.3) is 0 Å². The van der Waals surface area contributed by atoms with Crippen LogP contribution in [0.2, 0.25) is 0 Å². The molecule has 3 rings (SSSR count). The molecular weight excluding hydrogens is 328 g/mol. The monoisotopic (exact) mass is 350 g/mol. The van der Waals surface area contributed by atoms with Gasteiger partial charge in [0.05, 0.1) is 28.4 Å². The molecular formula is C16H22N4OS2. The molecule has 2 N–H and O–H groups in total. The van der Waals surface area contributed by atoms with Crippen molar-refractivity contribution >= 4 is 44.6 Å². The first-order valence-corrected chi connectivity index (χ1v) is 9.15. The summed E-state index contributed by atoms with van der Waals surface area (Å²) < 4.78 is 6.53. The van der Waals surface area contributed by atoms with Gasteiger partial charge in [0.15, 0.2) is 5.11 Å². The van der Waals surface area contributed by atoms with E-state index in [-0.39, 0.29) is 0 Å². The average molecular weight is 351 g/mol. The van der Waals surface area contributed by atoms with Crippen LogP contribution < -0.4 is 10.6 Å². The molecule has 1 aliphatic heterocycles. The molecule has 23 heavy (non-hydrogen) atoms. The minimum Gasteiger partial charge on any atom is -0.379 e. The Morgan fingerprint density at radius 1 is 1.39 bits per heavy atom. The molecule has 2 aromatic rings. The summed E-state index contributed by atoms with van der Waals surface area (Å²) in [5.41, 5.74) is 2.05. The summed E-state index contributed by atoms with van der Waals surface area (Å²) in [5.74, 6) is 0. The van der Waals surface area contributed by atoms with Crippen LogP contribution in [0.4, 0.5) is 5.69 Å². The van der Waals surface area contributed by atoms with Gasteiger partial charge in [0.1, 0.15) is 0 Å². The van der Waals surface area contributed by atoms with E-state index in [4.69, 9.17) is 17.0 Å². The SMILES string of the molecule is Cc1nc2ccc(NC(=S)NCCCN3CCOCC3)cc2s1. The molecule has 7 heteroatoms. The molecule has 0 saturated carbocycles. The highest BCUT2D eigenvalue weighted by molar-refractivity contribution is 7.80. The number of ether oxygens (including phenoxy) is 1. The number of rotatable bonds is 5. The number of morpholine rings is 1. The number of thiazole rings is 1. The van der Waals surface area contributed by atoms with Crippen molar-refractivity contribution in [2.24, 2.45) is 0 Å². The smallest absolute Gasteiger partial charge is 0.170 e. The maximum absolute atomic E-state index is 5.37. The van der Waals surface area contributed by atoms with Crippen LogP contribution in [-0.4, -0.2) is 54.4 Å². The van der Waals surface area contributed by atoms with Crippen molar-refractivity contribution < 1.29 is 4.74 Å². The summed E-state index contributed by atoms with van der Waals surface area (Å²) in [6.45, 7) is 7.78. The third-order valence-corrected chi connectivity index (χ3v) is 4.97. The lowest BCUT2D eigenvalue weighted by Crippen LogP contribution is -2.38. The van der Waals surface area contributed by atoms with Gasteiger partial charge >= 0.3 is 0 Å². The number of aromatic nitrogens is 1. The summed E-state index contributed by atoms with van der Waals surface area (Å²) in [6, 6.07) is 6.15. The number of aryl methyl sites for hydroxylation is 1. The molecule has 124 valence electrons. The maximum Gasteiger partial charge on any atom is 0.170 e. The van der Waals surface area contributed by atoms with Gasteiger partial charge in [-0.25, -0.2) is 4.98 Å². The van der Waals surface area contributed by atoms with Gasteiger partial charge in [-0.15, -0.1) is 11.3 Å². The molecule has 5 nitrogen and oxygen atoms in total. The van der Waals surface area contributed by atoms with Crippen LogP contribution >= 0.6 is 23.6 Å². The Morgan fingerprint density at radius 2 is 2.22 bits per heavy atom. The van der Waals surface area contributed by atoms with Gasteiger partial charge in [0, 0.05) is 25.3 Å². The van der Waals surface area contributed by atoms with E-state index in [2.05, 4.69) is 26.6 Å². The predicted octanol–water partition coefficient (Wildman–Crippen LogP) is 2.61. The van der Waals surface area contributed by atoms with Crippen LogP contribution in [0.15, 0.2) is 18.2 Å². The average Bonchev–Trinajstić information content (AvgIpc) is 2.92. The van der Waals surface area contributed by atoms with E-state index >= 15 is 0 Å². The Morgan fingerprint density at radius 3 is 3.04 bits per heavy atom. The van der Waals surface area contributed by atoms with Gasteiger partial charge in [-0.2, -0.15) is 0 Å². The second kappa shape index (κ2) is 8.01. The van der Waals surface area contributed by atoms with Gasteiger partial charge in [-0.1, -0.05) is 0 Å². The van der Waals surface area contributed by atoms with E-state index < -0.39 is 0 Å². The molecule has 0 unspecified atom stereocenters. The fourth-order valence-corrected chi connectivity index (χ4v) is 3.71. The first-order chi connectivity index (χ1) is 11.2. The summed E-state index contributed by atoms with van der Waals surface area (Å²) >= 11 is 7.07. The molecule has 1 saturated heterocycles. The van der Waals surface area contributed by atoms with Crippen LogP contribution in [0, 0.1) is 6.92 Å². The van der Waals surface area contributed by atoms with Crippen LogP contribution in [0.3, 0.4) is 0 Å². The van der Waals surface area contributed by atoms with Crippen LogP contribution in [0.25, 0.3) is 10.2 Å². The van der Waals surface area contributed by atoms with Crippen molar-refractivity contribution in [1.82, 2.24) is 15.2 Å². The normalized spacial score (nSPS) is 15.7. The summed E-state index contributed by atoms with van der Waals surface area (Å²) in [7, 11) is 0. The number of nitrogens with zero attached hydrogens (tertiary/aromatic N) is 2. The number of fused-ring (bicyclic) bond motifs is 1. The second-order valence-electron chi connectivity index (χ2n) is 5.60. The number of benzene rings is 1. The zero-order valence-electron chi connectivity index (χ0n) is 13.3. The van der Waals surface area contributed by atoms with Gasteiger partial charge in [-0.05, 0) is 50.3 Å². The van der Waals surface area contributed by atoms with E-state index in [0.717, 1.165) is 62.0 Å². The number of nitrogens with one attached hydrogen (secondary N) is 2. The van der Waals surface area contributed by atoms with Gasteiger partial charge in [-0.3, -0.25) is 4.90 Å². The Bertz CT molecular complexity index is 667. The number of hydrogen-bond donors (Lipinski definition) is 2. The zero-order valence-corrected chi connectivity index (χ0v) is 14.9. The van der Waals surface area contributed by atoms with Crippen molar-refractivity contribution in [3.05, 3.63) is 23.2 Å². The number of anilines is 1. The molecule has 1 fully saturated rings. The number of thiocarbonyl (C=S) groups is 1. The lowest BCUT2D eigenvalue weighted by atomic mass is 10.3. The summed E-state index contributed by atoms with van der Waals surface area (Å²) in [6.07, 6.45) is 1.08. The van der Waals surface area contributed by atoms with E-state index in [1.165, 1.54) is 4.70 Å². The standard InChI is InChI=1S/C16H22N4OS2/c1-12-18-14-4-3-13(11-15(14)23-12)19-16(22)17-5-2-6-20-7-9-21-10-8-20/h3-4,11H,2,5-10H2,1H3,(H2,17,19,22). The van der Waals surface area contributed by atoms with Crippen LogP contribution in [-0.2, 0) is 4.74 Å². The Labute approximate surface area is 146 Å². The van der Waals surface area contributed by atoms with Crippen LogP contribution in [0.5, 0.6) is 0 Å². The lowest BCUT2D eigenvalue weighted by molar-refractivity contribution is 0.0376. The molecule has 1 aromatic carbocycles. The predicted molar refractivity (Wildman–Crippen MR) is 100 cm³/mol. The molecule has 0 atom stereocenters. The number of hydrogen-bond acceptors (Lipinski definition) is 5. The third-order valence-electron chi connectivity index (χ3n) is 3.79. The van der Waals surface area contributed by atoms with Crippen molar-refractivity contribution in [2.45, 2.75) is 13.3 Å². The van der Waals surface area contributed by atoms with E-state index in [1.54, 1.807) is 11.3 Å². The highest BCUT2D eigenvalue weighted by Gasteiger charge is 2.09. The first kappa shape index (κ1) is 16.6.